The normalized spacial score (nSPS) is 11.5. The molecule has 0 aliphatic carbocycles. The van der Waals surface area contributed by atoms with Gasteiger partial charge in [0.1, 0.15) is 11.6 Å². The van der Waals surface area contributed by atoms with Gasteiger partial charge in [0.05, 0.1) is 19.4 Å². The number of hydrogen-bond donors (Lipinski definition) is 1. The molecule has 0 aliphatic rings. The van der Waals surface area contributed by atoms with E-state index in [9.17, 15) is 33.3 Å². The number of hydrogen-bond acceptors (Lipinski definition) is 5. The number of carbonyl (C=O) groups excluding carboxylic acids is 1. The lowest BCUT2D eigenvalue weighted by atomic mass is 10.1. The van der Waals surface area contributed by atoms with Crippen LogP contribution in [0.25, 0.3) is 6.08 Å². The predicted octanol–water partition coefficient (Wildman–Crippen LogP) is 7.15. The van der Waals surface area contributed by atoms with Gasteiger partial charge < -0.3 is 10.1 Å². The van der Waals surface area contributed by atoms with Crippen LogP contribution in [0.3, 0.4) is 0 Å². The van der Waals surface area contributed by atoms with Crippen LogP contribution >= 0.6 is 31.9 Å². The fraction of sp³-hybridized carbons (Fsp3) is 0.0833. The van der Waals surface area contributed by atoms with Crippen molar-refractivity contribution in [3.63, 3.8) is 0 Å². The Hall–Kier alpha value is -3.69. The van der Waals surface area contributed by atoms with Crippen molar-refractivity contribution in [2.45, 2.75) is 12.7 Å². The number of carbonyl (C=O) groups is 1. The SMILES string of the molecule is N#C/C(=C\c1cc(Br)c(Oc2ccc(C(F)(F)F)cc2[N+](=O)[O-])c(Br)c1)C(=O)NCc1ccccc1. The molecule has 0 bridgehead atoms. The first-order chi connectivity index (χ1) is 17.0. The van der Waals surface area contributed by atoms with Gasteiger partial charge in [0.15, 0.2) is 5.75 Å². The van der Waals surface area contributed by atoms with Crippen molar-refractivity contribution in [2.24, 2.45) is 0 Å². The van der Waals surface area contributed by atoms with Crippen LogP contribution in [0.2, 0.25) is 0 Å². The number of benzene rings is 3. The lowest BCUT2D eigenvalue weighted by Gasteiger charge is -2.13. The molecule has 0 saturated carbocycles. The van der Waals surface area contributed by atoms with Gasteiger partial charge in [-0.2, -0.15) is 18.4 Å². The average molecular weight is 625 g/mol. The van der Waals surface area contributed by atoms with Crippen molar-refractivity contribution in [1.82, 2.24) is 5.32 Å². The van der Waals surface area contributed by atoms with Gasteiger partial charge in [0.25, 0.3) is 5.91 Å². The van der Waals surface area contributed by atoms with Gasteiger partial charge in [0.2, 0.25) is 5.75 Å². The number of nitrogens with zero attached hydrogens (tertiary/aromatic N) is 2. The topological polar surface area (TPSA) is 105 Å². The van der Waals surface area contributed by atoms with Crippen LogP contribution in [0.15, 0.2) is 75.2 Å². The maximum atomic E-state index is 13.0. The Balaban J connectivity index is 1.85. The average Bonchev–Trinajstić information content (AvgIpc) is 2.83. The van der Waals surface area contributed by atoms with Crippen LogP contribution in [-0.4, -0.2) is 10.8 Å². The van der Waals surface area contributed by atoms with E-state index in [0.717, 1.165) is 11.6 Å². The van der Waals surface area contributed by atoms with Gasteiger partial charge in [-0.3, -0.25) is 14.9 Å². The molecule has 0 radical (unpaired) electrons. The molecule has 0 atom stereocenters. The Morgan fingerprint density at radius 3 is 2.31 bits per heavy atom. The first-order valence-corrected chi connectivity index (χ1v) is 11.5. The number of ether oxygens (including phenoxy) is 1. The minimum absolute atomic E-state index is 0.0436. The van der Waals surface area contributed by atoms with Crippen LogP contribution in [0.5, 0.6) is 11.5 Å². The molecule has 0 saturated heterocycles. The molecule has 184 valence electrons. The van der Waals surface area contributed by atoms with Crippen LogP contribution in [-0.2, 0) is 17.5 Å². The molecule has 1 amide bonds. The summed E-state index contributed by atoms with van der Waals surface area (Å²) in [4.78, 5) is 22.8. The van der Waals surface area contributed by atoms with Crippen molar-refractivity contribution in [1.29, 1.82) is 5.26 Å². The zero-order valence-corrected chi connectivity index (χ0v) is 21.1. The highest BCUT2D eigenvalue weighted by molar-refractivity contribution is 9.11. The second-order valence-corrected chi connectivity index (χ2v) is 8.90. The molecule has 0 fully saturated rings. The van der Waals surface area contributed by atoms with E-state index < -0.39 is 34.0 Å². The monoisotopic (exact) mass is 623 g/mol. The summed E-state index contributed by atoms with van der Waals surface area (Å²) in [6.07, 6.45) is -3.43. The Morgan fingerprint density at radius 2 is 1.75 bits per heavy atom. The molecule has 12 heteroatoms. The van der Waals surface area contributed by atoms with Crippen LogP contribution < -0.4 is 10.1 Å². The number of alkyl halides is 3. The quantitative estimate of drug-likeness (QED) is 0.130. The summed E-state index contributed by atoms with van der Waals surface area (Å²) in [7, 11) is 0. The summed E-state index contributed by atoms with van der Waals surface area (Å²) in [5.41, 5.74) is -0.956. The fourth-order valence-corrected chi connectivity index (χ4v) is 4.37. The first-order valence-electron chi connectivity index (χ1n) is 9.96. The van der Waals surface area contributed by atoms with E-state index in [1.807, 2.05) is 36.4 Å². The summed E-state index contributed by atoms with van der Waals surface area (Å²) in [5.74, 6) is -0.952. The van der Waals surface area contributed by atoms with Gasteiger partial charge in [-0.1, -0.05) is 30.3 Å². The van der Waals surface area contributed by atoms with Crippen LogP contribution in [0.1, 0.15) is 16.7 Å². The molecule has 0 unspecified atom stereocenters. The van der Waals surface area contributed by atoms with Crippen molar-refractivity contribution in [2.75, 3.05) is 0 Å². The second-order valence-electron chi connectivity index (χ2n) is 7.19. The molecular weight excluding hydrogens is 611 g/mol. The van der Waals surface area contributed by atoms with Gasteiger partial charge in [0, 0.05) is 12.6 Å². The van der Waals surface area contributed by atoms with E-state index in [1.54, 1.807) is 0 Å². The third-order valence-corrected chi connectivity index (χ3v) is 5.87. The minimum atomic E-state index is -4.76. The number of rotatable bonds is 7. The van der Waals surface area contributed by atoms with Crippen LogP contribution in [0.4, 0.5) is 18.9 Å². The number of amides is 1. The number of nitriles is 1. The first kappa shape index (κ1) is 26.9. The van der Waals surface area contributed by atoms with Crippen molar-refractivity contribution in [3.05, 3.63) is 102 Å². The highest BCUT2D eigenvalue weighted by atomic mass is 79.9. The molecule has 0 aliphatic heterocycles. The Bertz CT molecular complexity index is 1360. The van der Waals surface area contributed by atoms with Gasteiger partial charge in [-0.15, -0.1) is 0 Å². The molecule has 3 aromatic rings. The van der Waals surface area contributed by atoms with Gasteiger partial charge >= 0.3 is 11.9 Å². The summed E-state index contributed by atoms with van der Waals surface area (Å²) in [5, 5.41) is 23.4. The van der Waals surface area contributed by atoms with Crippen LogP contribution in [0, 0.1) is 21.4 Å². The van der Waals surface area contributed by atoms with E-state index in [2.05, 4.69) is 37.2 Å². The number of nitro groups is 1. The van der Waals surface area contributed by atoms with E-state index in [-0.39, 0.29) is 26.8 Å². The smallest absolute Gasteiger partial charge is 0.416 e. The van der Waals surface area contributed by atoms with E-state index in [0.29, 0.717) is 17.7 Å². The number of halogens is 5. The van der Waals surface area contributed by atoms with Crippen molar-refractivity contribution >= 4 is 49.5 Å². The molecule has 1 N–H and O–H groups in total. The summed E-state index contributed by atoms with van der Waals surface area (Å²) in [6, 6.07) is 15.9. The Labute approximate surface area is 219 Å². The second kappa shape index (κ2) is 11.4. The minimum Gasteiger partial charge on any atom is -0.448 e. The fourth-order valence-electron chi connectivity index (χ4n) is 2.98. The third-order valence-electron chi connectivity index (χ3n) is 4.69. The third kappa shape index (κ3) is 6.71. The predicted molar refractivity (Wildman–Crippen MR) is 132 cm³/mol. The van der Waals surface area contributed by atoms with Gasteiger partial charge in [-0.05, 0) is 73.3 Å². The van der Waals surface area contributed by atoms with E-state index >= 15 is 0 Å². The summed E-state index contributed by atoms with van der Waals surface area (Å²) in [6.45, 7) is 0.227. The highest BCUT2D eigenvalue weighted by Crippen LogP contribution is 2.42. The molecule has 0 spiro atoms. The molecule has 3 aromatic carbocycles. The summed E-state index contributed by atoms with van der Waals surface area (Å²) >= 11 is 6.51. The molecule has 0 aromatic heterocycles. The molecule has 36 heavy (non-hydrogen) atoms. The lowest BCUT2D eigenvalue weighted by molar-refractivity contribution is -0.385. The lowest BCUT2D eigenvalue weighted by Crippen LogP contribution is -2.23. The Kier molecular flexibility index (Phi) is 8.49. The molecular formula is C24H14Br2F3N3O4. The Morgan fingerprint density at radius 1 is 1.11 bits per heavy atom. The zero-order valence-electron chi connectivity index (χ0n) is 18.0. The largest absolute Gasteiger partial charge is 0.448 e. The van der Waals surface area contributed by atoms with E-state index in [4.69, 9.17) is 4.74 Å². The zero-order chi connectivity index (χ0) is 26.5. The highest BCUT2D eigenvalue weighted by Gasteiger charge is 2.33. The number of nitrogens with one attached hydrogen (secondary N) is 1. The maximum absolute atomic E-state index is 13.0. The van der Waals surface area contributed by atoms with Crippen molar-refractivity contribution < 1.29 is 27.6 Å². The molecule has 0 heterocycles. The molecule has 7 nitrogen and oxygen atoms in total. The standard InChI is InChI=1S/C24H14Br2F3N3O4/c25-18-9-15(8-16(12-30)23(33)31-13-14-4-2-1-3-5-14)10-19(26)22(18)36-21-7-6-17(24(27,28)29)11-20(21)32(34)35/h1-11H,13H2,(H,31,33)/b16-8+. The van der Waals surface area contributed by atoms with E-state index in [1.165, 1.54) is 18.2 Å². The molecule has 3 rings (SSSR count). The number of nitro benzene ring substituents is 1. The maximum Gasteiger partial charge on any atom is 0.416 e. The van der Waals surface area contributed by atoms with Gasteiger partial charge in [-0.25, -0.2) is 0 Å². The summed E-state index contributed by atoms with van der Waals surface area (Å²) < 4.78 is 44.9. The van der Waals surface area contributed by atoms with Crippen molar-refractivity contribution in [3.8, 4) is 17.6 Å².